The fourth-order valence-electron chi connectivity index (χ4n) is 1.57. The van der Waals surface area contributed by atoms with E-state index < -0.39 is 6.43 Å². The predicted octanol–water partition coefficient (Wildman–Crippen LogP) is 2.44. The number of hydrogen-bond donors (Lipinski definition) is 1. The van der Waals surface area contributed by atoms with Gasteiger partial charge in [0.25, 0.3) is 6.43 Å². The van der Waals surface area contributed by atoms with Crippen LogP contribution in [0.2, 0.25) is 0 Å². The molecule has 2 nitrogen and oxygen atoms in total. The average Bonchev–Trinajstić information content (AvgIpc) is 2.95. The topological polar surface area (TPSA) is 38.9 Å². The summed E-state index contributed by atoms with van der Waals surface area (Å²) < 4.78 is 24.7. The summed E-state index contributed by atoms with van der Waals surface area (Å²) in [5.41, 5.74) is 6.66. The molecule has 1 saturated carbocycles. The summed E-state index contributed by atoms with van der Waals surface area (Å²) >= 11 is 0. The van der Waals surface area contributed by atoms with Crippen LogP contribution in [0.1, 0.15) is 36.9 Å². The maximum Gasteiger partial charge on any atom is 0.280 e. The molecule has 0 spiro atoms. The van der Waals surface area contributed by atoms with Crippen molar-refractivity contribution < 1.29 is 8.78 Å². The summed E-state index contributed by atoms with van der Waals surface area (Å²) in [5.74, 6) is 0. The van der Waals surface area contributed by atoms with Gasteiger partial charge in [-0.05, 0) is 43.4 Å². The first-order valence-corrected chi connectivity index (χ1v) is 5.11. The van der Waals surface area contributed by atoms with Crippen molar-refractivity contribution in [3.8, 4) is 0 Å². The van der Waals surface area contributed by atoms with Crippen LogP contribution < -0.4 is 5.73 Å². The largest absolute Gasteiger partial charge is 0.325 e. The van der Waals surface area contributed by atoms with Gasteiger partial charge in [-0.25, -0.2) is 8.78 Å². The lowest BCUT2D eigenvalue weighted by molar-refractivity contribution is 0.146. The van der Waals surface area contributed by atoms with E-state index >= 15 is 0 Å². The molecule has 0 bridgehead atoms. The van der Waals surface area contributed by atoms with E-state index in [1.165, 1.54) is 12.3 Å². The number of rotatable bonds is 4. The molecule has 0 atom stereocenters. The second-order valence-corrected chi connectivity index (χ2v) is 4.25. The SMILES string of the molecule is NC1(CCc2ccnc(C(F)F)c2)CC1. The monoisotopic (exact) mass is 212 g/mol. The van der Waals surface area contributed by atoms with Gasteiger partial charge < -0.3 is 5.73 Å². The van der Waals surface area contributed by atoms with Crippen LogP contribution in [0.25, 0.3) is 0 Å². The summed E-state index contributed by atoms with van der Waals surface area (Å²) in [6, 6.07) is 3.24. The van der Waals surface area contributed by atoms with Crippen molar-refractivity contribution in [1.82, 2.24) is 4.98 Å². The third-order valence-corrected chi connectivity index (χ3v) is 2.87. The Kier molecular flexibility index (Phi) is 2.69. The number of pyridine rings is 1. The molecule has 2 rings (SSSR count). The van der Waals surface area contributed by atoms with E-state index in [-0.39, 0.29) is 11.2 Å². The molecule has 1 aromatic heterocycles. The molecule has 1 aliphatic carbocycles. The molecule has 82 valence electrons. The highest BCUT2D eigenvalue weighted by molar-refractivity contribution is 5.18. The van der Waals surface area contributed by atoms with Gasteiger partial charge in [0, 0.05) is 11.7 Å². The Morgan fingerprint density at radius 3 is 2.80 bits per heavy atom. The van der Waals surface area contributed by atoms with E-state index in [1.54, 1.807) is 6.07 Å². The van der Waals surface area contributed by atoms with Crippen LogP contribution in [0.15, 0.2) is 18.3 Å². The van der Waals surface area contributed by atoms with Crippen LogP contribution in [0.3, 0.4) is 0 Å². The van der Waals surface area contributed by atoms with Crippen molar-refractivity contribution in [3.63, 3.8) is 0 Å². The van der Waals surface area contributed by atoms with E-state index in [4.69, 9.17) is 5.73 Å². The van der Waals surface area contributed by atoms with Crippen LogP contribution in [0, 0.1) is 0 Å². The minimum absolute atomic E-state index is 0.0196. The Balaban J connectivity index is 1.98. The number of alkyl halides is 2. The highest BCUT2D eigenvalue weighted by atomic mass is 19.3. The third kappa shape index (κ3) is 2.72. The van der Waals surface area contributed by atoms with Gasteiger partial charge in [0.2, 0.25) is 0 Å². The first-order chi connectivity index (χ1) is 7.09. The number of hydrogen-bond acceptors (Lipinski definition) is 2. The molecule has 0 unspecified atom stereocenters. The number of nitrogens with two attached hydrogens (primary N) is 1. The molecule has 0 aromatic carbocycles. The van der Waals surface area contributed by atoms with Gasteiger partial charge in [-0.15, -0.1) is 0 Å². The fraction of sp³-hybridized carbons (Fsp3) is 0.545. The van der Waals surface area contributed by atoms with Gasteiger partial charge in [-0.2, -0.15) is 0 Å². The van der Waals surface area contributed by atoms with Crippen LogP contribution in [0.4, 0.5) is 8.78 Å². The van der Waals surface area contributed by atoms with Gasteiger partial charge in [0.05, 0.1) is 0 Å². The standard InChI is InChI=1S/C11H14F2N2/c12-10(13)9-7-8(2-6-15-9)1-3-11(14)4-5-11/h2,6-7,10H,1,3-5,14H2. The zero-order valence-electron chi connectivity index (χ0n) is 8.42. The summed E-state index contributed by atoms with van der Waals surface area (Å²) in [6.07, 6.45) is 2.70. The second kappa shape index (κ2) is 3.85. The molecular formula is C11H14F2N2. The van der Waals surface area contributed by atoms with Crippen molar-refractivity contribution in [3.05, 3.63) is 29.6 Å². The lowest BCUT2D eigenvalue weighted by Crippen LogP contribution is -2.22. The van der Waals surface area contributed by atoms with E-state index in [2.05, 4.69) is 4.98 Å². The minimum Gasteiger partial charge on any atom is -0.325 e. The molecular weight excluding hydrogens is 198 g/mol. The molecule has 0 aliphatic heterocycles. The molecule has 0 amide bonds. The second-order valence-electron chi connectivity index (χ2n) is 4.25. The molecule has 1 aromatic rings. The fourth-order valence-corrected chi connectivity index (χ4v) is 1.57. The van der Waals surface area contributed by atoms with Crippen LogP contribution in [-0.4, -0.2) is 10.5 Å². The maximum absolute atomic E-state index is 12.3. The number of aromatic nitrogens is 1. The van der Waals surface area contributed by atoms with Gasteiger partial charge >= 0.3 is 0 Å². The van der Waals surface area contributed by atoms with Gasteiger partial charge in [0.15, 0.2) is 0 Å². The molecule has 15 heavy (non-hydrogen) atoms. The summed E-state index contributed by atoms with van der Waals surface area (Å²) in [4.78, 5) is 3.62. The minimum atomic E-state index is -2.49. The normalized spacial score (nSPS) is 18.1. The molecule has 0 saturated heterocycles. The highest BCUT2D eigenvalue weighted by Crippen LogP contribution is 2.36. The molecule has 1 fully saturated rings. The third-order valence-electron chi connectivity index (χ3n) is 2.87. The van der Waals surface area contributed by atoms with Crippen molar-refractivity contribution in [2.24, 2.45) is 5.73 Å². The smallest absolute Gasteiger partial charge is 0.280 e. The van der Waals surface area contributed by atoms with E-state index in [9.17, 15) is 8.78 Å². The van der Waals surface area contributed by atoms with Gasteiger partial charge in [-0.1, -0.05) is 0 Å². The molecule has 2 N–H and O–H groups in total. The molecule has 4 heteroatoms. The molecule has 0 radical (unpaired) electrons. The summed E-state index contributed by atoms with van der Waals surface area (Å²) in [6.45, 7) is 0. The Labute approximate surface area is 87.5 Å². The van der Waals surface area contributed by atoms with E-state index in [1.807, 2.05) is 0 Å². The highest BCUT2D eigenvalue weighted by Gasteiger charge is 2.37. The van der Waals surface area contributed by atoms with Crippen molar-refractivity contribution >= 4 is 0 Å². The average molecular weight is 212 g/mol. The summed E-state index contributed by atoms with van der Waals surface area (Å²) in [7, 11) is 0. The van der Waals surface area contributed by atoms with Crippen molar-refractivity contribution in [1.29, 1.82) is 0 Å². The van der Waals surface area contributed by atoms with Crippen LogP contribution >= 0.6 is 0 Å². The first kappa shape index (κ1) is 10.5. The zero-order chi connectivity index (χ0) is 10.9. The number of halogens is 2. The maximum atomic E-state index is 12.3. The first-order valence-electron chi connectivity index (χ1n) is 5.11. The number of aryl methyl sites for hydroxylation is 1. The Bertz CT molecular complexity index is 348. The van der Waals surface area contributed by atoms with Crippen LogP contribution in [-0.2, 0) is 6.42 Å². The van der Waals surface area contributed by atoms with E-state index in [0.717, 1.165) is 31.2 Å². The Morgan fingerprint density at radius 1 is 1.47 bits per heavy atom. The molecule has 1 aliphatic rings. The summed E-state index contributed by atoms with van der Waals surface area (Å²) in [5, 5.41) is 0. The van der Waals surface area contributed by atoms with Gasteiger partial charge in [-0.3, -0.25) is 4.98 Å². The van der Waals surface area contributed by atoms with E-state index in [0.29, 0.717) is 0 Å². The molecule has 1 heterocycles. The number of nitrogens with zero attached hydrogens (tertiary/aromatic N) is 1. The Hall–Kier alpha value is -1.03. The van der Waals surface area contributed by atoms with Crippen molar-refractivity contribution in [2.75, 3.05) is 0 Å². The zero-order valence-corrected chi connectivity index (χ0v) is 8.42. The van der Waals surface area contributed by atoms with Crippen LogP contribution in [0.5, 0.6) is 0 Å². The lowest BCUT2D eigenvalue weighted by Gasteiger charge is -2.08. The van der Waals surface area contributed by atoms with Crippen molar-refractivity contribution in [2.45, 2.75) is 37.6 Å². The lowest BCUT2D eigenvalue weighted by atomic mass is 10.0. The quantitative estimate of drug-likeness (QED) is 0.832. The van der Waals surface area contributed by atoms with Gasteiger partial charge in [0.1, 0.15) is 5.69 Å². The Morgan fingerprint density at radius 2 is 2.20 bits per heavy atom. The predicted molar refractivity (Wildman–Crippen MR) is 53.7 cm³/mol.